The number of rotatable bonds is 5. The number of hydrogen-bond acceptors (Lipinski definition) is 3. The minimum Gasteiger partial charge on any atom is -0.385 e. The molecule has 4 nitrogen and oxygen atoms in total. The van der Waals surface area contributed by atoms with Gasteiger partial charge in [-0.25, -0.2) is 4.98 Å². The largest absolute Gasteiger partial charge is 0.385 e. The van der Waals surface area contributed by atoms with Crippen LogP contribution < -0.4 is 5.32 Å². The van der Waals surface area contributed by atoms with E-state index in [0.29, 0.717) is 0 Å². The zero-order valence-electron chi connectivity index (χ0n) is 8.98. The van der Waals surface area contributed by atoms with Crippen LogP contribution in [0.15, 0.2) is 43.6 Å². The molecule has 0 radical (unpaired) electrons. The van der Waals surface area contributed by atoms with E-state index >= 15 is 0 Å². The van der Waals surface area contributed by atoms with Crippen molar-refractivity contribution in [3.05, 3.63) is 54.9 Å². The van der Waals surface area contributed by atoms with Crippen LogP contribution in [0.4, 0.5) is 0 Å². The standard InChI is InChI=1S/C12H14N4/c1-10(11-2-5-13-6-3-11)15-7-4-12-8-14-9-16-12/h2-3,5-6,8-9,15H,1,4,7H2,(H,14,16). The Morgan fingerprint density at radius 2 is 2.12 bits per heavy atom. The summed E-state index contributed by atoms with van der Waals surface area (Å²) in [5.41, 5.74) is 3.11. The van der Waals surface area contributed by atoms with E-state index in [0.717, 1.165) is 29.9 Å². The molecule has 2 rings (SSSR count). The Morgan fingerprint density at radius 3 is 2.81 bits per heavy atom. The van der Waals surface area contributed by atoms with Gasteiger partial charge in [-0.05, 0) is 12.1 Å². The fraction of sp³-hybridized carbons (Fsp3) is 0.167. The summed E-state index contributed by atoms with van der Waals surface area (Å²) in [5.74, 6) is 0. The number of aromatic amines is 1. The summed E-state index contributed by atoms with van der Waals surface area (Å²) in [6, 6.07) is 3.87. The number of nitrogens with one attached hydrogen (secondary N) is 2. The Labute approximate surface area is 94.5 Å². The minimum atomic E-state index is 0.837. The first-order valence-corrected chi connectivity index (χ1v) is 5.16. The van der Waals surface area contributed by atoms with Gasteiger partial charge in [0.1, 0.15) is 0 Å². The highest BCUT2D eigenvalue weighted by atomic mass is 14.9. The van der Waals surface area contributed by atoms with Gasteiger partial charge >= 0.3 is 0 Å². The molecule has 2 heterocycles. The van der Waals surface area contributed by atoms with Gasteiger partial charge in [-0.2, -0.15) is 0 Å². The summed E-state index contributed by atoms with van der Waals surface area (Å²) in [6.07, 6.45) is 7.95. The van der Waals surface area contributed by atoms with Crippen molar-refractivity contribution < 1.29 is 0 Å². The van der Waals surface area contributed by atoms with Crippen LogP contribution in [0.1, 0.15) is 11.3 Å². The normalized spacial score (nSPS) is 10.0. The molecule has 0 aliphatic carbocycles. The highest BCUT2D eigenvalue weighted by Crippen LogP contribution is 2.06. The topological polar surface area (TPSA) is 53.6 Å². The van der Waals surface area contributed by atoms with Crippen molar-refractivity contribution >= 4 is 5.70 Å². The highest BCUT2D eigenvalue weighted by Gasteiger charge is 1.98. The fourth-order valence-electron chi connectivity index (χ4n) is 1.42. The van der Waals surface area contributed by atoms with Gasteiger partial charge in [-0.15, -0.1) is 0 Å². The molecule has 0 unspecified atom stereocenters. The number of nitrogens with zero attached hydrogens (tertiary/aromatic N) is 2. The Kier molecular flexibility index (Phi) is 3.33. The number of imidazole rings is 1. The van der Waals surface area contributed by atoms with Gasteiger partial charge in [-0.1, -0.05) is 6.58 Å². The zero-order valence-corrected chi connectivity index (χ0v) is 8.98. The van der Waals surface area contributed by atoms with Crippen molar-refractivity contribution in [1.82, 2.24) is 20.3 Å². The third-order valence-corrected chi connectivity index (χ3v) is 2.32. The van der Waals surface area contributed by atoms with Crippen molar-refractivity contribution in [2.24, 2.45) is 0 Å². The zero-order chi connectivity index (χ0) is 11.2. The summed E-state index contributed by atoms with van der Waals surface area (Å²) in [7, 11) is 0. The molecule has 0 aliphatic rings. The van der Waals surface area contributed by atoms with E-state index in [4.69, 9.17) is 0 Å². The minimum absolute atomic E-state index is 0.837. The van der Waals surface area contributed by atoms with Crippen LogP contribution in [0, 0.1) is 0 Å². The summed E-state index contributed by atoms with van der Waals surface area (Å²) in [6.45, 7) is 4.82. The Balaban J connectivity index is 1.81. The maximum Gasteiger partial charge on any atom is 0.0921 e. The van der Waals surface area contributed by atoms with E-state index in [1.807, 2.05) is 18.3 Å². The van der Waals surface area contributed by atoms with E-state index in [9.17, 15) is 0 Å². The highest BCUT2D eigenvalue weighted by molar-refractivity contribution is 5.60. The molecule has 0 atom stereocenters. The molecule has 0 aromatic carbocycles. The number of pyridine rings is 1. The van der Waals surface area contributed by atoms with E-state index in [2.05, 4.69) is 26.8 Å². The Morgan fingerprint density at radius 1 is 1.31 bits per heavy atom. The lowest BCUT2D eigenvalue weighted by Crippen LogP contribution is -2.15. The van der Waals surface area contributed by atoms with Crippen LogP contribution in [0.3, 0.4) is 0 Å². The molecule has 2 aromatic heterocycles. The molecule has 2 aromatic rings. The van der Waals surface area contributed by atoms with Crippen LogP contribution in [0.25, 0.3) is 5.70 Å². The molecule has 0 spiro atoms. The molecule has 16 heavy (non-hydrogen) atoms. The third-order valence-electron chi connectivity index (χ3n) is 2.32. The first-order valence-electron chi connectivity index (χ1n) is 5.16. The smallest absolute Gasteiger partial charge is 0.0921 e. The molecule has 0 amide bonds. The van der Waals surface area contributed by atoms with Gasteiger partial charge in [0.25, 0.3) is 0 Å². The lowest BCUT2D eigenvalue weighted by molar-refractivity contribution is 0.832. The van der Waals surface area contributed by atoms with Crippen molar-refractivity contribution in [3.8, 4) is 0 Å². The summed E-state index contributed by atoms with van der Waals surface area (Å²) in [5, 5.41) is 3.27. The van der Waals surface area contributed by atoms with Gasteiger partial charge in [0.2, 0.25) is 0 Å². The average molecular weight is 214 g/mol. The van der Waals surface area contributed by atoms with Gasteiger partial charge in [-0.3, -0.25) is 4.98 Å². The second-order valence-electron chi connectivity index (χ2n) is 3.47. The molecule has 0 saturated carbocycles. The fourth-order valence-corrected chi connectivity index (χ4v) is 1.42. The second kappa shape index (κ2) is 5.11. The van der Waals surface area contributed by atoms with Gasteiger partial charge < -0.3 is 10.3 Å². The lowest BCUT2D eigenvalue weighted by Gasteiger charge is -2.08. The maximum absolute atomic E-state index is 3.98. The molecular weight excluding hydrogens is 200 g/mol. The van der Waals surface area contributed by atoms with Gasteiger partial charge in [0.15, 0.2) is 0 Å². The Bertz CT molecular complexity index is 433. The van der Waals surface area contributed by atoms with Crippen LogP contribution >= 0.6 is 0 Å². The first-order chi connectivity index (χ1) is 7.86. The summed E-state index contributed by atoms with van der Waals surface area (Å²) >= 11 is 0. The lowest BCUT2D eigenvalue weighted by atomic mass is 10.2. The van der Waals surface area contributed by atoms with Crippen molar-refractivity contribution in [2.45, 2.75) is 6.42 Å². The average Bonchev–Trinajstić information content (AvgIpc) is 2.83. The summed E-state index contributed by atoms with van der Waals surface area (Å²) < 4.78 is 0. The monoisotopic (exact) mass is 214 g/mol. The van der Waals surface area contributed by atoms with E-state index in [-0.39, 0.29) is 0 Å². The van der Waals surface area contributed by atoms with Gasteiger partial charge in [0, 0.05) is 48.5 Å². The van der Waals surface area contributed by atoms with E-state index in [1.165, 1.54) is 0 Å². The van der Waals surface area contributed by atoms with Crippen molar-refractivity contribution in [1.29, 1.82) is 0 Å². The quantitative estimate of drug-likeness (QED) is 0.795. The second-order valence-corrected chi connectivity index (χ2v) is 3.47. The predicted octanol–water partition coefficient (Wildman–Crippen LogP) is 1.61. The predicted molar refractivity (Wildman–Crippen MR) is 63.6 cm³/mol. The number of H-pyrrole nitrogens is 1. The molecule has 2 N–H and O–H groups in total. The van der Waals surface area contributed by atoms with Crippen LogP contribution in [0.2, 0.25) is 0 Å². The van der Waals surface area contributed by atoms with Crippen molar-refractivity contribution in [3.63, 3.8) is 0 Å². The van der Waals surface area contributed by atoms with Gasteiger partial charge in [0.05, 0.1) is 6.33 Å². The van der Waals surface area contributed by atoms with Crippen LogP contribution in [0.5, 0.6) is 0 Å². The molecule has 82 valence electrons. The third kappa shape index (κ3) is 2.70. The summed E-state index contributed by atoms with van der Waals surface area (Å²) in [4.78, 5) is 11.0. The first kappa shape index (κ1) is 10.4. The molecule has 0 aliphatic heterocycles. The molecule has 0 fully saturated rings. The van der Waals surface area contributed by atoms with Crippen molar-refractivity contribution in [2.75, 3.05) is 6.54 Å². The SMILES string of the molecule is C=C(NCCc1cnc[nH]1)c1ccncc1. The number of hydrogen-bond donors (Lipinski definition) is 2. The molecule has 0 saturated heterocycles. The van der Waals surface area contributed by atoms with Crippen LogP contribution in [-0.2, 0) is 6.42 Å². The van der Waals surface area contributed by atoms with Crippen LogP contribution in [-0.4, -0.2) is 21.5 Å². The van der Waals surface area contributed by atoms with E-state index < -0.39 is 0 Å². The maximum atomic E-state index is 3.98. The molecular formula is C12H14N4. The number of aromatic nitrogens is 3. The van der Waals surface area contributed by atoms with E-state index in [1.54, 1.807) is 18.7 Å². The molecule has 0 bridgehead atoms. The Hall–Kier alpha value is -2.10. The molecule has 4 heteroatoms.